The van der Waals surface area contributed by atoms with Crippen LogP contribution in [-0.4, -0.2) is 31.3 Å². The van der Waals surface area contributed by atoms with Crippen LogP contribution in [-0.2, 0) is 4.74 Å². The van der Waals surface area contributed by atoms with Crippen molar-refractivity contribution in [2.75, 3.05) is 25.2 Å². The number of aromatic nitrogens is 1. The second kappa shape index (κ2) is 7.05. The number of para-hydroxylation sites is 1. The molecule has 21 heavy (non-hydrogen) atoms. The van der Waals surface area contributed by atoms with Gasteiger partial charge < -0.3 is 9.64 Å². The molecule has 1 aromatic carbocycles. The van der Waals surface area contributed by atoms with Gasteiger partial charge in [0, 0.05) is 25.1 Å². The van der Waals surface area contributed by atoms with Crippen LogP contribution < -0.4 is 4.90 Å². The molecule has 2 rings (SSSR count). The van der Waals surface area contributed by atoms with Crippen molar-refractivity contribution in [3.63, 3.8) is 0 Å². The Bertz CT molecular complexity index is 648. The molecule has 0 saturated carbocycles. The maximum atomic E-state index is 9.39. The standard InChI is InChI=1S/C17H21N3O/c1-4-13(2)20(9-10-21-3)17-11-14(12-18)15-7-5-6-8-16(15)19-17/h5-8,11,13H,4,9-10H2,1-3H3. The summed E-state index contributed by atoms with van der Waals surface area (Å²) in [6.45, 7) is 5.72. The normalized spacial score (nSPS) is 12.1. The molecule has 0 aliphatic heterocycles. The average Bonchev–Trinajstić information content (AvgIpc) is 2.54. The topological polar surface area (TPSA) is 49.1 Å². The van der Waals surface area contributed by atoms with E-state index in [9.17, 15) is 5.26 Å². The lowest BCUT2D eigenvalue weighted by Crippen LogP contribution is -2.36. The Hall–Kier alpha value is -2.12. The summed E-state index contributed by atoms with van der Waals surface area (Å²) >= 11 is 0. The molecule has 0 aliphatic rings. The van der Waals surface area contributed by atoms with Gasteiger partial charge in [-0.25, -0.2) is 4.98 Å². The van der Waals surface area contributed by atoms with Crippen LogP contribution in [0, 0.1) is 11.3 Å². The lowest BCUT2D eigenvalue weighted by molar-refractivity contribution is 0.203. The number of nitrogens with zero attached hydrogens (tertiary/aromatic N) is 3. The van der Waals surface area contributed by atoms with E-state index in [2.05, 4.69) is 24.8 Å². The molecule has 2 aromatic rings. The van der Waals surface area contributed by atoms with Gasteiger partial charge in [-0.3, -0.25) is 0 Å². The zero-order valence-corrected chi connectivity index (χ0v) is 12.8. The van der Waals surface area contributed by atoms with Gasteiger partial charge in [-0.15, -0.1) is 0 Å². The number of ether oxygens (including phenoxy) is 1. The molecule has 1 atom stereocenters. The Morgan fingerprint density at radius 2 is 2.14 bits per heavy atom. The quantitative estimate of drug-likeness (QED) is 0.815. The number of nitriles is 1. The molecular weight excluding hydrogens is 262 g/mol. The summed E-state index contributed by atoms with van der Waals surface area (Å²) in [7, 11) is 1.70. The molecule has 0 N–H and O–H groups in total. The fourth-order valence-corrected chi connectivity index (χ4v) is 2.37. The van der Waals surface area contributed by atoms with Crippen molar-refractivity contribution in [1.82, 2.24) is 4.98 Å². The number of benzene rings is 1. The van der Waals surface area contributed by atoms with Crippen LogP contribution >= 0.6 is 0 Å². The summed E-state index contributed by atoms with van der Waals surface area (Å²) in [5, 5.41) is 10.3. The van der Waals surface area contributed by atoms with Crippen molar-refractivity contribution in [1.29, 1.82) is 5.26 Å². The van der Waals surface area contributed by atoms with E-state index in [-0.39, 0.29) is 0 Å². The summed E-state index contributed by atoms with van der Waals surface area (Å²) < 4.78 is 5.20. The molecule has 0 bridgehead atoms. The van der Waals surface area contributed by atoms with Gasteiger partial charge in [-0.2, -0.15) is 5.26 Å². The first-order chi connectivity index (χ1) is 10.2. The molecule has 0 aliphatic carbocycles. The Morgan fingerprint density at radius 1 is 1.38 bits per heavy atom. The lowest BCUT2D eigenvalue weighted by Gasteiger charge is -2.29. The number of methoxy groups -OCH3 is 1. The highest BCUT2D eigenvalue weighted by Gasteiger charge is 2.16. The summed E-state index contributed by atoms with van der Waals surface area (Å²) in [4.78, 5) is 6.93. The van der Waals surface area contributed by atoms with Crippen molar-refractivity contribution in [2.24, 2.45) is 0 Å². The van der Waals surface area contributed by atoms with E-state index >= 15 is 0 Å². The van der Waals surface area contributed by atoms with Crippen molar-refractivity contribution in [2.45, 2.75) is 26.3 Å². The van der Waals surface area contributed by atoms with Crippen molar-refractivity contribution in [3.05, 3.63) is 35.9 Å². The second-order valence-electron chi connectivity index (χ2n) is 5.10. The number of rotatable bonds is 6. The average molecular weight is 283 g/mol. The number of hydrogen-bond acceptors (Lipinski definition) is 4. The first-order valence-electron chi connectivity index (χ1n) is 7.26. The summed E-state index contributed by atoms with van der Waals surface area (Å²) in [5.74, 6) is 0.844. The minimum Gasteiger partial charge on any atom is -0.383 e. The zero-order valence-electron chi connectivity index (χ0n) is 12.8. The van der Waals surface area contributed by atoms with E-state index in [4.69, 9.17) is 9.72 Å². The number of anilines is 1. The predicted molar refractivity (Wildman–Crippen MR) is 85.4 cm³/mol. The molecule has 0 amide bonds. The van der Waals surface area contributed by atoms with E-state index in [0.717, 1.165) is 29.7 Å². The van der Waals surface area contributed by atoms with Gasteiger partial charge >= 0.3 is 0 Å². The molecule has 4 heteroatoms. The van der Waals surface area contributed by atoms with E-state index in [1.165, 1.54) is 0 Å². The molecule has 0 radical (unpaired) electrons. The van der Waals surface area contributed by atoms with Crippen LogP contribution in [0.1, 0.15) is 25.8 Å². The maximum Gasteiger partial charge on any atom is 0.130 e. The number of hydrogen-bond donors (Lipinski definition) is 0. The first kappa shape index (κ1) is 15.3. The third-order valence-electron chi connectivity index (χ3n) is 3.78. The molecule has 0 saturated heterocycles. The fraction of sp³-hybridized carbons (Fsp3) is 0.412. The molecule has 4 nitrogen and oxygen atoms in total. The van der Waals surface area contributed by atoms with Gasteiger partial charge in [0.15, 0.2) is 0 Å². The summed E-state index contributed by atoms with van der Waals surface area (Å²) in [6, 6.07) is 12.3. The zero-order chi connectivity index (χ0) is 15.2. The van der Waals surface area contributed by atoms with Gasteiger partial charge in [0.05, 0.1) is 23.8 Å². The maximum absolute atomic E-state index is 9.39. The van der Waals surface area contributed by atoms with Gasteiger partial charge in [0.1, 0.15) is 5.82 Å². The van der Waals surface area contributed by atoms with Gasteiger partial charge in [-0.1, -0.05) is 25.1 Å². The first-order valence-corrected chi connectivity index (χ1v) is 7.26. The van der Waals surface area contributed by atoms with Crippen molar-refractivity contribution < 1.29 is 4.74 Å². The molecular formula is C17H21N3O. The fourth-order valence-electron chi connectivity index (χ4n) is 2.37. The monoisotopic (exact) mass is 283 g/mol. The highest BCUT2D eigenvalue weighted by Crippen LogP contribution is 2.24. The van der Waals surface area contributed by atoms with Crippen molar-refractivity contribution >= 4 is 16.7 Å². The largest absolute Gasteiger partial charge is 0.383 e. The van der Waals surface area contributed by atoms with Crippen LogP contribution in [0.15, 0.2) is 30.3 Å². The summed E-state index contributed by atoms with van der Waals surface area (Å²) in [5.41, 5.74) is 1.53. The number of pyridine rings is 1. The molecule has 1 heterocycles. The lowest BCUT2D eigenvalue weighted by atomic mass is 10.1. The van der Waals surface area contributed by atoms with Crippen LogP contribution in [0.2, 0.25) is 0 Å². The molecule has 1 unspecified atom stereocenters. The molecule has 0 spiro atoms. The number of fused-ring (bicyclic) bond motifs is 1. The van der Waals surface area contributed by atoms with Crippen LogP contribution in [0.25, 0.3) is 10.9 Å². The van der Waals surface area contributed by atoms with Gasteiger partial charge in [0.25, 0.3) is 0 Å². The molecule has 1 aromatic heterocycles. The minimum atomic E-state index is 0.348. The smallest absolute Gasteiger partial charge is 0.130 e. The van der Waals surface area contributed by atoms with E-state index in [1.807, 2.05) is 30.3 Å². The SMILES string of the molecule is CCC(C)N(CCOC)c1cc(C#N)c2ccccc2n1. The van der Waals surface area contributed by atoms with Crippen LogP contribution in [0.4, 0.5) is 5.82 Å². The third kappa shape index (κ3) is 3.32. The van der Waals surface area contributed by atoms with E-state index in [0.29, 0.717) is 18.2 Å². The van der Waals surface area contributed by atoms with E-state index < -0.39 is 0 Å². The summed E-state index contributed by atoms with van der Waals surface area (Å²) in [6.07, 6.45) is 1.01. The Balaban J connectivity index is 2.49. The predicted octanol–water partition coefficient (Wildman–Crippen LogP) is 3.36. The molecule has 0 fully saturated rings. The van der Waals surface area contributed by atoms with Crippen molar-refractivity contribution in [3.8, 4) is 6.07 Å². The Morgan fingerprint density at radius 3 is 2.81 bits per heavy atom. The van der Waals surface area contributed by atoms with Crippen LogP contribution in [0.5, 0.6) is 0 Å². The third-order valence-corrected chi connectivity index (χ3v) is 3.78. The second-order valence-corrected chi connectivity index (χ2v) is 5.10. The van der Waals surface area contributed by atoms with Gasteiger partial charge in [-0.05, 0) is 25.5 Å². The Labute approximate surface area is 126 Å². The van der Waals surface area contributed by atoms with Gasteiger partial charge in [0.2, 0.25) is 0 Å². The Kier molecular flexibility index (Phi) is 5.13. The minimum absolute atomic E-state index is 0.348. The highest BCUT2D eigenvalue weighted by molar-refractivity contribution is 5.86. The van der Waals surface area contributed by atoms with Crippen LogP contribution in [0.3, 0.4) is 0 Å². The highest BCUT2D eigenvalue weighted by atomic mass is 16.5. The molecule has 110 valence electrons. The van der Waals surface area contributed by atoms with E-state index in [1.54, 1.807) is 7.11 Å².